The lowest BCUT2D eigenvalue weighted by Gasteiger charge is -2.41. The van der Waals surface area contributed by atoms with Crippen molar-refractivity contribution in [3.05, 3.63) is 60.0 Å². The molecule has 196 valence electrons. The van der Waals surface area contributed by atoms with Crippen LogP contribution in [0.3, 0.4) is 0 Å². The molecule has 1 saturated carbocycles. The Bertz CT molecular complexity index is 1410. The average Bonchev–Trinajstić information content (AvgIpc) is 3.52. The third-order valence-electron chi connectivity index (χ3n) is 8.29. The van der Waals surface area contributed by atoms with Crippen molar-refractivity contribution in [3.8, 4) is 28.7 Å². The zero-order valence-corrected chi connectivity index (χ0v) is 21.4. The highest BCUT2D eigenvalue weighted by Crippen LogP contribution is 2.42. The van der Waals surface area contributed by atoms with Gasteiger partial charge in [-0.3, -0.25) is 4.79 Å². The maximum Gasteiger partial charge on any atom is 0.257 e. The Balaban J connectivity index is 1.12. The van der Waals surface area contributed by atoms with Gasteiger partial charge in [0.1, 0.15) is 11.5 Å². The molecule has 1 amide bonds. The van der Waals surface area contributed by atoms with Crippen molar-refractivity contribution < 1.29 is 14.3 Å². The lowest BCUT2D eigenvalue weighted by atomic mass is 9.98. The number of hydrogen-bond acceptors (Lipinski definition) is 7. The van der Waals surface area contributed by atoms with Gasteiger partial charge >= 0.3 is 0 Å². The van der Waals surface area contributed by atoms with E-state index in [-0.39, 0.29) is 12.0 Å². The van der Waals surface area contributed by atoms with Crippen molar-refractivity contribution >= 4 is 5.91 Å². The minimum atomic E-state index is -0.159. The van der Waals surface area contributed by atoms with Gasteiger partial charge in [0.2, 0.25) is 0 Å². The number of aliphatic hydroxyl groups is 1. The Morgan fingerprint density at radius 1 is 0.921 bits per heavy atom. The fourth-order valence-electron chi connectivity index (χ4n) is 5.98. The van der Waals surface area contributed by atoms with Crippen LogP contribution < -0.4 is 0 Å². The molecule has 2 aromatic rings. The van der Waals surface area contributed by atoms with Crippen molar-refractivity contribution in [2.24, 2.45) is 0 Å². The molecule has 0 spiro atoms. The molecular weight excluding hydrogens is 480 g/mol. The summed E-state index contributed by atoms with van der Waals surface area (Å²) in [6.07, 6.45) is 8.97. The summed E-state index contributed by atoms with van der Waals surface area (Å²) in [5, 5.41) is 14.4. The smallest absolute Gasteiger partial charge is 0.257 e. The molecule has 3 aliphatic heterocycles. The lowest BCUT2D eigenvalue weighted by Crippen LogP contribution is -2.49. The van der Waals surface area contributed by atoms with Crippen LogP contribution in [0.1, 0.15) is 60.5 Å². The van der Waals surface area contributed by atoms with E-state index in [4.69, 9.17) is 9.40 Å². The van der Waals surface area contributed by atoms with Crippen molar-refractivity contribution in [2.75, 3.05) is 26.2 Å². The van der Waals surface area contributed by atoms with E-state index in [0.717, 1.165) is 81.7 Å². The molecule has 5 aliphatic rings. The molecule has 9 heteroatoms. The number of rotatable bonds is 5. The van der Waals surface area contributed by atoms with Gasteiger partial charge in [-0.25, -0.2) is 14.6 Å². The molecule has 0 atom stereocenters. The van der Waals surface area contributed by atoms with Crippen LogP contribution in [0.15, 0.2) is 53.2 Å². The highest BCUT2D eigenvalue weighted by molar-refractivity contribution is 5.95. The zero-order valence-electron chi connectivity index (χ0n) is 21.4. The molecule has 5 heterocycles. The van der Waals surface area contributed by atoms with Crippen LogP contribution in [-0.4, -0.2) is 78.9 Å². The number of aromatic nitrogens is 4. The number of carbonyl (C=O) groups excluding carboxylic acids is 1. The standard InChI is InChI=1S/C29H32N6O3/c36-22-11-16-33(17-12-22)21-9-14-34(15-10-21)28(37)23-18-31-35(27(23)20-4-5-20)29-30-13-8-24(32-29)26-7-6-19-2-1-3-25(19)38-26/h1-3,6-8,13,18,20-22,36H,4-5,9-12,14-17H2. The maximum atomic E-state index is 13.7. The van der Waals surface area contributed by atoms with Gasteiger partial charge in [0.15, 0.2) is 5.76 Å². The van der Waals surface area contributed by atoms with E-state index in [2.05, 4.69) is 15.0 Å². The van der Waals surface area contributed by atoms with Gasteiger partial charge in [-0.05, 0) is 62.8 Å². The van der Waals surface area contributed by atoms with Crippen LogP contribution in [-0.2, 0) is 0 Å². The first-order valence-electron chi connectivity index (χ1n) is 13.8. The molecule has 1 N–H and O–H groups in total. The van der Waals surface area contributed by atoms with E-state index in [9.17, 15) is 9.90 Å². The molecule has 0 aromatic carbocycles. The summed E-state index contributed by atoms with van der Waals surface area (Å²) < 4.78 is 7.80. The molecule has 2 saturated heterocycles. The first kappa shape index (κ1) is 23.5. The second-order valence-corrected chi connectivity index (χ2v) is 10.8. The Hall–Kier alpha value is -3.56. The second-order valence-electron chi connectivity index (χ2n) is 10.8. The second kappa shape index (κ2) is 9.63. The van der Waals surface area contributed by atoms with Gasteiger partial charge in [0.05, 0.1) is 23.6 Å². The first-order valence-corrected chi connectivity index (χ1v) is 13.8. The van der Waals surface area contributed by atoms with E-state index in [1.165, 1.54) is 0 Å². The molecular formula is C29H32N6O3. The molecule has 0 bridgehead atoms. The summed E-state index contributed by atoms with van der Waals surface area (Å²) in [6.45, 7) is 3.39. The third kappa shape index (κ3) is 4.39. The molecule has 38 heavy (non-hydrogen) atoms. The number of carbonyl (C=O) groups is 1. The lowest BCUT2D eigenvalue weighted by molar-refractivity contribution is 0.0356. The van der Waals surface area contributed by atoms with Crippen LogP contribution in [0.25, 0.3) is 28.7 Å². The van der Waals surface area contributed by atoms with Gasteiger partial charge in [0.25, 0.3) is 11.9 Å². The Morgan fingerprint density at radius 2 is 1.74 bits per heavy atom. The SMILES string of the molecule is O=C(c1cnn(-c2nccc(-c3ccc4cccc-4o3)n2)c1C1CC1)N1CCC(N2CCC(O)CC2)CC1. The van der Waals surface area contributed by atoms with Crippen LogP contribution >= 0.6 is 0 Å². The van der Waals surface area contributed by atoms with E-state index < -0.39 is 0 Å². The van der Waals surface area contributed by atoms with Crippen molar-refractivity contribution in [1.29, 1.82) is 0 Å². The van der Waals surface area contributed by atoms with E-state index in [1.54, 1.807) is 17.1 Å². The molecule has 3 fully saturated rings. The van der Waals surface area contributed by atoms with E-state index in [0.29, 0.717) is 34.9 Å². The van der Waals surface area contributed by atoms with Crippen LogP contribution in [0, 0.1) is 0 Å². The van der Waals surface area contributed by atoms with Gasteiger partial charge in [-0.1, -0.05) is 12.1 Å². The van der Waals surface area contributed by atoms with Crippen molar-refractivity contribution in [2.45, 2.75) is 56.6 Å². The average molecular weight is 513 g/mol. The fraction of sp³-hybridized carbons (Fsp3) is 0.448. The van der Waals surface area contributed by atoms with Crippen molar-refractivity contribution in [1.82, 2.24) is 29.5 Å². The number of fused-ring (bicyclic) bond motifs is 1. The summed E-state index contributed by atoms with van der Waals surface area (Å²) in [5.41, 5.74) is 3.32. The number of likely N-dealkylation sites (tertiary alicyclic amines) is 2. The Kier molecular flexibility index (Phi) is 5.97. The number of nitrogens with zero attached hydrogens (tertiary/aromatic N) is 6. The summed E-state index contributed by atoms with van der Waals surface area (Å²) >= 11 is 0. The Labute approximate surface area is 221 Å². The largest absolute Gasteiger partial charge is 0.454 e. The summed E-state index contributed by atoms with van der Waals surface area (Å²) in [4.78, 5) is 27.4. The fourth-order valence-corrected chi connectivity index (χ4v) is 5.98. The number of piperidine rings is 2. The van der Waals surface area contributed by atoms with Gasteiger partial charge < -0.3 is 19.3 Å². The van der Waals surface area contributed by atoms with Gasteiger partial charge in [-0.15, -0.1) is 0 Å². The summed E-state index contributed by atoms with van der Waals surface area (Å²) in [7, 11) is 0. The first-order chi connectivity index (χ1) is 18.6. The number of amides is 1. The molecule has 9 nitrogen and oxygen atoms in total. The van der Waals surface area contributed by atoms with Crippen molar-refractivity contribution in [3.63, 3.8) is 0 Å². The third-order valence-corrected chi connectivity index (χ3v) is 8.29. The molecule has 2 aromatic heterocycles. The number of aliphatic hydroxyl groups excluding tert-OH is 1. The van der Waals surface area contributed by atoms with Crippen LogP contribution in [0.5, 0.6) is 0 Å². The van der Waals surface area contributed by atoms with E-state index >= 15 is 0 Å². The monoisotopic (exact) mass is 512 g/mol. The van der Waals surface area contributed by atoms with Crippen LogP contribution in [0.2, 0.25) is 0 Å². The highest BCUT2D eigenvalue weighted by atomic mass is 16.3. The summed E-state index contributed by atoms with van der Waals surface area (Å²) in [5.74, 6) is 2.28. The predicted molar refractivity (Wildman–Crippen MR) is 141 cm³/mol. The molecule has 7 rings (SSSR count). The number of hydrogen-bond donors (Lipinski definition) is 1. The predicted octanol–water partition coefficient (Wildman–Crippen LogP) is 3.97. The van der Waals surface area contributed by atoms with Crippen LogP contribution in [0.4, 0.5) is 0 Å². The van der Waals surface area contributed by atoms with Gasteiger partial charge in [-0.2, -0.15) is 5.10 Å². The minimum Gasteiger partial charge on any atom is -0.454 e. The topological polar surface area (TPSA) is 101 Å². The summed E-state index contributed by atoms with van der Waals surface area (Å²) in [6, 6.07) is 12.2. The molecule has 0 unspecified atom stereocenters. The normalized spacial score (nSPS) is 19.9. The molecule has 0 radical (unpaired) electrons. The minimum absolute atomic E-state index is 0.0541. The van der Waals surface area contributed by atoms with E-state index in [1.807, 2.05) is 41.3 Å². The van der Waals surface area contributed by atoms with Gasteiger partial charge in [0, 0.05) is 49.9 Å². The maximum absolute atomic E-state index is 13.7. The molecule has 2 aliphatic carbocycles. The zero-order chi connectivity index (χ0) is 25.6. The quantitative estimate of drug-likeness (QED) is 0.432. The highest BCUT2D eigenvalue weighted by Gasteiger charge is 2.36. The Morgan fingerprint density at radius 3 is 2.53 bits per heavy atom.